The third kappa shape index (κ3) is 2.91. The van der Waals surface area contributed by atoms with Crippen molar-refractivity contribution in [2.24, 2.45) is 11.7 Å². The molecule has 0 bridgehead atoms. The highest BCUT2D eigenvalue weighted by Crippen LogP contribution is 2.25. The van der Waals surface area contributed by atoms with Crippen molar-refractivity contribution < 1.29 is 19.7 Å². The van der Waals surface area contributed by atoms with Gasteiger partial charge in [-0.15, -0.1) is 0 Å². The Balaban J connectivity index is 2.49. The van der Waals surface area contributed by atoms with E-state index in [1.54, 1.807) is 14.0 Å². The van der Waals surface area contributed by atoms with Crippen LogP contribution in [0.5, 0.6) is 0 Å². The molecule has 0 saturated heterocycles. The number of amides is 1. The van der Waals surface area contributed by atoms with Crippen molar-refractivity contribution in [2.75, 3.05) is 13.7 Å². The van der Waals surface area contributed by atoms with Crippen LogP contribution in [0.1, 0.15) is 13.3 Å². The summed E-state index contributed by atoms with van der Waals surface area (Å²) in [6.07, 6.45) is -1.80. The molecule has 0 spiro atoms. The normalized spacial score (nSPS) is 36.1. The van der Waals surface area contributed by atoms with Crippen molar-refractivity contribution in [1.29, 1.82) is 0 Å². The summed E-state index contributed by atoms with van der Waals surface area (Å²) in [6.45, 7) is 2.21. The van der Waals surface area contributed by atoms with Crippen LogP contribution in [0.15, 0.2) is 0 Å². The molecule has 1 rings (SSSR count). The average molecular weight is 232 g/mol. The van der Waals surface area contributed by atoms with Gasteiger partial charge in [0.1, 0.15) is 0 Å². The average Bonchev–Trinajstić information content (AvgIpc) is 2.46. The lowest BCUT2D eigenvalue weighted by Gasteiger charge is -2.19. The third-order valence-corrected chi connectivity index (χ3v) is 2.87. The monoisotopic (exact) mass is 232 g/mol. The highest BCUT2D eigenvalue weighted by molar-refractivity contribution is 5.80. The van der Waals surface area contributed by atoms with Gasteiger partial charge in [0.2, 0.25) is 5.91 Å². The summed E-state index contributed by atoms with van der Waals surface area (Å²) in [5.41, 5.74) is 5.57. The quantitative estimate of drug-likeness (QED) is 0.458. The molecule has 0 aliphatic heterocycles. The van der Waals surface area contributed by atoms with E-state index in [9.17, 15) is 15.0 Å². The van der Waals surface area contributed by atoms with Crippen LogP contribution < -0.4 is 11.1 Å². The summed E-state index contributed by atoms with van der Waals surface area (Å²) < 4.78 is 4.88. The van der Waals surface area contributed by atoms with E-state index in [4.69, 9.17) is 10.5 Å². The zero-order valence-electron chi connectivity index (χ0n) is 9.59. The van der Waals surface area contributed by atoms with E-state index in [2.05, 4.69) is 5.32 Å². The van der Waals surface area contributed by atoms with Gasteiger partial charge in [-0.3, -0.25) is 4.79 Å². The smallest absolute Gasteiger partial charge is 0.226 e. The summed E-state index contributed by atoms with van der Waals surface area (Å²) in [5, 5.41) is 21.8. The minimum Gasteiger partial charge on any atom is -0.390 e. The van der Waals surface area contributed by atoms with Gasteiger partial charge in [0, 0.05) is 19.2 Å². The number of carbonyl (C=O) groups excluding carboxylic acids is 1. The highest BCUT2D eigenvalue weighted by atomic mass is 16.5. The molecule has 16 heavy (non-hydrogen) atoms. The van der Waals surface area contributed by atoms with E-state index in [-0.39, 0.29) is 11.9 Å². The summed E-state index contributed by atoms with van der Waals surface area (Å²) in [7, 11) is 1.55. The van der Waals surface area contributed by atoms with Crippen molar-refractivity contribution >= 4 is 5.91 Å². The van der Waals surface area contributed by atoms with Crippen LogP contribution in [-0.2, 0) is 9.53 Å². The number of nitrogens with one attached hydrogen (secondary N) is 1. The number of nitrogens with two attached hydrogens (primary N) is 1. The van der Waals surface area contributed by atoms with Gasteiger partial charge < -0.3 is 26.0 Å². The summed E-state index contributed by atoms with van der Waals surface area (Å²) >= 11 is 0. The van der Waals surface area contributed by atoms with E-state index in [0.717, 1.165) is 0 Å². The first kappa shape index (κ1) is 13.4. The maximum absolute atomic E-state index is 11.7. The Morgan fingerprint density at radius 3 is 2.62 bits per heavy atom. The molecule has 1 unspecified atom stereocenters. The largest absolute Gasteiger partial charge is 0.390 e. The summed E-state index contributed by atoms with van der Waals surface area (Å²) in [5.74, 6) is -0.923. The fourth-order valence-corrected chi connectivity index (χ4v) is 1.97. The van der Waals surface area contributed by atoms with Gasteiger partial charge in [0.15, 0.2) is 0 Å². The molecule has 1 saturated carbocycles. The van der Waals surface area contributed by atoms with E-state index in [0.29, 0.717) is 13.0 Å². The number of ether oxygens (including phenoxy) is 1. The van der Waals surface area contributed by atoms with E-state index in [1.165, 1.54) is 0 Å². The third-order valence-electron chi connectivity index (χ3n) is 2.87. The van der Waals surface area contributed by atoms with E-state index >= 15 is 0 Å². The van der Waals surface area contributed by atoms with Gasteiger partial charge in [-0.25, -0.2) is 0 Å². The SMILES string of the molecule is COCC(C)NC(=O)[C@@H]1C[C@H](N)[C@@H](O)[C@H]1O. The van der Waals surface area contributed by atoms with Gasteiger partial charge in [-0.2, -0.15) is 0 Å². The van der Waals surface area contributed by atoms with Crippen molar-refractivity contribution in [2.45, 2.75) is 37.6 Å². The number of rotatable bonds is 4. The molecule has 6 nitrogen and oxygen atoms in total. The Hall–Kier alpha value is -0.690. The van der Waals surface area contributed by atoms with Crippen LogP contribution in [-0.4, -0.2) is 54.1 Å². The van der Waals surface area contributed by atoms with Crippen LogP contribution in [0, 0.1) is 5.92 Å². The maximum Gasteiger partial charge on any atom is 0.226 e. The Kier molecular flexibility index (Phi) is 4.67. The van der Waals surface area contributed by atoms with Crippen molar-refractivity contribution in [3.63, 3.8) is 0 Å². The van der Waals surface area contributed by atoms with Crippen molar-refractivity contribution in [1.82, 2.24) is 5.32 Å². The highest BCUT2D eigenvalue weighted by Gasteiger charge is 2.43. The minimum atomic E-state index is -1.08. The van der Waals surface area contributed by atoms with Gasteiger partial charge in [0.05, 0.1) is 24.7 Å². The van der Waals surface area contributed by atoms with Crippen LogP contribution in [0.25, 0.3) is 0 Å². The summed E-state index contributed by atoms with van der Waals surface area (Å²) in [4.78, 5) is 11.7. The number of carbonyl (C=O) groups is 1. The maximum atomic E-state index is 11.7. The second-order valence-corrected chi connectivity index (χ2v) is 4.35. The second-order valence-electron chi connectivity index (χ2n) is 4.35. The van der Waals surface area contributed by atoms with Gasteiger partial charge in [-0.05, 0) is 13.3 Å². The van der Waals surface area contributed by atoms with E-state index in [1.807, 2.05) is 0 Å². The molecular formula is C10H20N2O4. The fraction of sp³-hybridized carbons (Fsp3) is 0.900. The lowest BCUT2D eigenvalue weighted by Crippen LogP contribution is -2.43. The standard InChI is InChI=1S/C10H20N2O4/c1-5(4-16-2)12-10(15)6-3-7(11)9(14)8(6)13/h5-9,13-14H,3-4,11H2,1-2H3,(H,12,15)/t5?,6-,7+,8+,9-/m1/s1. The minimum absolute atomic E-state index is 0.126. The van der Waals surface area contributed by atoms with Crippen LogP contribution >= 0.6 is 0 Å². The molecule has 1 amide bonds. The number of methoxy groups -OCH3 is 1. The zero-order chi connectivity index (χ0) is 12.3. The van der Waals surface area contributed by atoms with Gasteiger partial charge in [-0.1, -0.05) is 0 Å². The van der Waals surface area contributed by atoms with Crippen LogP contribution in [0.2, 0.25) is 0 Å². The molecule has 1 aliphatic rings. The Bertz CT molecular complexity index is 249. The topological polar surface area (TPSA) is 105 Å². The van der Waals surface area contributed by atoms with Gasteiger partial charge in [0.25, 0.3) is 0 Å². The molecular weight excluding hydrogens is 212 g/mol. The van der Waals surface area contributed by atoms with Gasteiger partial charge >= 0.3 is 0 Å². The first-order valence-corrected chi connectivity index (χ1v) is 5.38. The molecule has 0 heterocycles. The molecule has 5 N–H and O–H groups in total. The first-order valence-electron chi connectivity index (χ1n) is 5.38. The second kappa shape index (κ2) is 5.58. The molecule has 0 aromatic heterocycles. The predicted molar refractivity (Wildman–Crippen MR) is 57.6 cm³/mol. The molecule has 1 aliphatic carbocycles. The number of hydrogen-bond donors (Lipinski definition) is 4. The lowest BCUT2D eigenvalue weighted by molar-refractivity contribution is -0.129. The molecule has 6 heteroatoms. The Morgan fingerprint density at radius 1 is 1.56 bits per heavy atom. The molecule has 0 aromatic rings. The lowest BCUT2D eigenvalue weighted by atomic mass is 10.0. The number of aliphatic hydroxyl groups is 2. The molecule has 0 aromatic carbocycles. The molecule has 0 radical (unpaired) electrons. The number of hydrogen-bond acceptors (Lipinski definition) is 5. The van der Waals surface area contributed by atoms with Crippen molar-refractivity contribution in [3.8, 4) is 0 Å². The van der Waals surface area contributed by atoms with Crippen molar-refractivity contribution in [3.05, 3.63) is 0 Å². The zero-order valence-corrected chi connectivity index (χ0v) is 9.59. The van der Waals surface area contributed by atoms with Crippen LogP contribution in [0.3, 0.4) is 0 Å². The Morgan fingerprint density at radius 2 is 2.19 bits per heavy atom. The summed E-state index contributed by atoms with van der Waals surface area (Å²) in [6, 6.07) is -0.665. The predicted octanol–water partition coefficient (Wildman–Crippen LogP) is -1.79. The molecule has 5 atom stereocenters. The fourth-order valence-electron chi connectivity index (χ4n) is 1.97. The number of aliphatic hydroxyl groups excluding tert-OH is 2. The van der Waals surface area contributed by atoms with E-state index < -0.39 is 24.2 Å². The Labute approximate surface area is 94.8 Å². The first-order chi connectivity index (χ1) is 7.47. The molecule has 1 fully saturated rings. The molecule has 94 valence electrons. The van der Waals surface area contributed by atoms with Crippen LogP contribution in [0.4, 0.5) is 0 Å².